The number of aryl methyl sites for hydroxylation is 3. The molecule has 4 heterocycles. The molecule has 6 heteroatoms. The molecule has 0 N–H and O–H groups in total. The number of fused-ring (bicyclic) bond motifs is 6. The first-order chi connectivity index (χ1) is 26.6. The maximum atomic E-state index is 8.69. The van der Waals surface area contributed by atoms with Crippen LogP contribution in [-0.2, 0) is 43.6 Å². The quantitative estimate of drug-likeness (QED) is 0.131. The first-order valence-electron chi connectivity index (χ1n) is 20.0. The monoisotopic (exact) mass is 837 g/mol. The van der Waals surface area contributed by atoms with Gasteiger partial charge in [-0.25, -0.2) is 0 Å². The predicted octanol–water partition coefficient (Wildman–Crippen LogP) is 10.3. The zero-order valence-corrected chi connectivity index (χ0v) is 30.1. The van der Waals surface area contributed by atoms with Crippen LogP contribution in [0, 0.1) is 22.8 Å². The molecule has 250 valence electrons. The molecule has 0 saturated carbocycles. The summed E-state index contributed by atoms with van der Waals surface area (Å²) in [6, 6.07) is 35.9. The molecule has 1 aliphatic carbocycles. The Morgan fingerprint density at radius 1 is 0.880 bits per heavy atom. The first-order valence-corrected chi connectivity index (χ1v) is 18.1. The Morgan fingerprint density at radius 2 is 1.70 bits per heavy atom. The topological polar surface area (TPSA) is 36.4 Å². The van der Waals surface area contributed by atoms with Crippen molar-refractivity contribution in [1.29, 1.82) is 0 Å². The number of para-hydroxylation sites is 2. The van der Waals surface area contributed by atoms with Crippen LogP contribution in [0.2, 0.25) is 0 Å². The molecule has 3 aromatic heterocycles. The summed E-state index contributed by atoms with van der Waals surface area (Å²) in [5.74, 6) is 0.828. The summed E-state index contributed by atoms with van der Waals surface area (Å²) in [6.45, 7) is 2.20. The summed E-state index contributed by atoms with van der Waals surface area (Å²) in [6.07, 6.45) is 2.90. The first kappa shape index (κ1) is 24.4. The fourth-order valence-electron chi connectivity index (χ4n) is 8.74. The molecule has 0 radical (unpaired) electrons. The Hall–Kier alpha value is -4.73. The van der Waals surface area contributed by atoms with E-state index >= 15 is 0 Å². The minimum absolute atomic E-state index is 0.294. The molecule has 5 nitrogen and oxygen atoms in total. The van der Waals surface area contributed by atoms with Gasteiger partial charge in [0, 0.05) is 20.5 Å². The van der Waals surface area contributed by atoms with E-state index in [9.17, 15) is 0 Å². The molecule has 50 heavy (non-hydrogen) atoms. The molecule has 0 amide bonds. The van der Waals surface area contributed by atoms with E-state index in [0.29, 0.717) is 48.5 Å². The van der Waals surface area contributed by atoms with Gasteiger partial charge in [0.15, 0.2) is 0 Å². The maximum absolute atomic E-state index is 8.69. The molecule has 1 atom stereocenters. The van der Waals surface area contributed by atoms with Crippen molar-refractivity contribution < 1.29 is 32.3 Å². The summed E-state index contributed by atoms with van der Waals surface area (Å²) in [4.78, 5) is 5.50. The van der Waals surface area contributed by atoms with Crippen LogP contribution in [0.25, 0.3) is 55.3 Å². The van der Waals surface area contributed by atoms with E-state index in [-0.39, 0.29) is 10.8 Å². The second kappa shape index (κ2) is 10.4. The van der Waals surface area contributed by atoms with Crippen LogP contribution in [0.5, 0.6) is 11.5 Å². The van der Waals surface area contributed by atoms with Gasteiger partial charge in [-0.15, -0.1) is 0 Å². The van der Waals surface area contributed by atoms with Gasteiger partial charge in [-0.3, -0.25) is 0 Å². The van der Waals surface area contributed by atoms with Crippen LogP contribution in [0.4, 0.5) is 0 Å². The number of hydrogen-bond acceptors (Lipinski definition) is 2. The number of hydrogen-bond donors (Lipinski definition) is 0. The number of rotatable bonds is 3. The largest absolute Gasteiger partial charge is 0.0619 e. The smallest absolute Gasteiger partial charge is 0.0188 e. The number of imidazole rings is 2. The van der Waals surface area contributed by atoms with Gasteiger partial charge >= 0.3 is 197 Å². The molecule has 0 bridgehead atoms. The molecule has 10 rings (SSSR count). The van der Waals surface area contributed by atoms with Gasteiger partial charge in [0.1, 0.15) is 0 Å². The third-order valence-corrected chi connectivity index (χ3v) is 12.6. The third kappa shape index (κ3) is 3.87. The van der Waals surface area contributed by atoms with Crippen LogP contribution >= 0.6 is 0 Å². The average molecular weight is 838 g/mol. The van der Waals surface area contributed by atoms with Crippen molar-refractivity contribution in [3.05, 3.63) is 129 Å². The van der Waals surface area contributed by atoms with Gasteiger partial charge in [0.2, 0.25) is 0 Å². The van der Waals surface area contributed by atoms with Crippen molar-refractivity contribution in [2.75, 3.05) is 0 Å². The fourth-order valence-corrected chi connectivity index (χ4v) is 9.56. The summed E-state index contributed by atoms with van der Waals surface area (Å²) in [7, 11) is 0. The number of benzene rings is 5. The SMILES string of the molecule is [2H]C([2H])([2H])c1ccc2c3c1c1ccc(Oc4[c-]c(-n5[c](=[Pt])n(C([2H])([2H])[2H])c6ccccc65)ccc4)[c-]c1c1nc4c(n13)C(C)(CCCc1ccccc1-4)C2(C)C. The van der Waals surface area contributed by atoms with Gasteiger partial charge < -0.3 is 0 Å². The number of nitrogens with zero attached hydrogens (tertiary/aromatic N) is 4. The van der Waals surface area contributed by atoms with Crippen LogP contribution in [-0.4, -0.2) is 18.5 Å². The molecular weight excluding hydrogens is 796 g/mol. The zero-order chi connectivity index (χ0) is 39.1. The predicted molar refractivity (Wildman–Crippen MR) is 197 cm³/mol. The van der Waals surface area contributed by atoms with Crippen LogP contribution in [0.15, 0.2) is 91.0 Å². The van der Waals surface area contributed by atoms with E-state index in [1.165, 1.54) is 10.1 Å². The van der Waals surface area contributed by atoms with Gasteiger partial charge in [0.05, 0.1) is 0 Å². The van der Waals surface area contributed by atoms with Crippen LogP contribution in [0.1, 0.15) is 64.2 Å². The Labute approximate surface area is 310 Å². The molecule has 8 aromatic rings. The minimum Gasteiger partial charge on any atom is -0.0619 e. The Kier molecular flexibility index (Phi) is 5.08. The molecule has 1 aliphatic heterocycles. The number of aromatic nitrogens is 4. The maximum Gasteiger partial charge on any atom is 0.0188 e. The van der Waals surface area contributed by atoms with Gasteiger partial charge in [0.25, 0.3) is 0 Å². The van der Waals surface area contributed by atoms with Gasteiger partial charge in [-0.05, 0) is 37.2 Å². The van der Waals surface area contributed by atoms with Crippen LogP contribution in [0.3, 0.4) is 0 Å². The molecule has 0 fully saturated rings. The van der Waals surface area contributed by atoms with E-state index in [2.05, 4.69) is 61.6 Å². The van der Waals surface area contributed by atoms with E-state index < -0.39 is 13.8 Å². The average Bonchev–Trinajstić information content (AvgIpc) is 3.69. The van der Waals surface area contributed by atoms with E-state index in [4.69, 9.17) is 17.9 Å². The third-order valence-electron chi connectivity index (χ3n) is 11.6. The Morgan fingerprint density at radius 3 is 2.56 bits per heavy atom. The molecule has 1 unspecified atom stereocenters. The fraction of sp³-hybridized carbons (Fsp3) is 0.227. The molecular formula is C44H36N4OPt-2. The van der Waals surface area contributed by atoms with Crippen molar-refractivity contribution in [3.8, 4) is 28.4 Å². The normalized spacial score (nSPS) is 20.1. The summed E-state index contributed by atoms with van der Waals surface area (Å²) in [5.41, 5.74) is 8.68. The summed E-state index contributed by atoms with van der Waals surface area (Å²) >= 11 is 2.05. The van der Waals surface area contributed by atoms with Crippen LogP contribution < -0.4 is 4.74 Å². The van der Waals surface area contributed by atoms with Gasteiger partial charge in [-0.2, -0.15) is 0 Å². The second-order valence-electron chi connectivity index (χ2n) is 14.3. The van der Waals surface area contributed by atoms with Gasteiger partial charge in [-0.1, -0.05) is 57.2 Å². The Bertz CT molecular complexity index is 3040. The van der Waals surface area contributed by atoms with Crippen molar-refractivity contribution in [3.63, 3.8) is 0 Å². The summed E-state index contributed by atoms with van der Waals surface area (Å²) in [5, 5.41) is 2.10. The van der Waals surface area contributed by atoms with Crippen molar-refractivity contribution in [1.82, 2.24) is 18.5 Å². The van der Waals surface area contributed by atoms with Crippen molar-refractivity contribution in [2.45, 2.75) is 57.7 Å². The Balaban J connectivity index is 1.23. The zero-order valence-electron chi connectivity index (χ0n) is 33.8. The standard InChI is InChI=1S/C44H36N4O.Pt/c1-27-19-22-35-40-38(27)33-21-20-31(49-30-15-10-14-29(24-30)47-26-46(5)36-17-8-9-18-37(36)47)25-34(33)42-45-39-32-16-7-6-12-28(32)13-11-23-44(4,43(35,2)3)41(39)48(40)42;/h6-10,12,14-22H,11,13,23H2,1-5H3;/q-2;/i1D3,5D3;. The minimum atomic E-state index is -2.38. The van der Waals surface area contributed by atoms with E-state index in [0.717, 1.165) is 58.2 Å². The van der Waals surface area contributed by atoms with E-state index in [1.54, 1.807) is 18.2 Å². The molecule has 2 aliphatic rings. The van der Waals surface area contributed by atoms with Crippen molar-refractivity contribution >= 4 is 38.4 Å². The number of pyridine rings is 1. The number of ether oxygens (including phenoxy) is 1. The molecule has 0 saturated heterocycles. The second-order valence-corrected chi connectivity index (χ2v) is 15.4. The van der Waals surface area contributed by atoms with E-state index in [1.807, 2.05) is 72.5 Å². The molecule has 0 spiro atoms. The van der Waals surface area contributed by atoms with Crippen molar-refractivity contribution in [2.24, 2.45) is 6.98 Å². The molecule has 5 aromatic carbocycles. The summed E-state index contributed by atoms with van der Waals surface area (Å²) < 4.78 is 63.2.